The van der Waals surface area contributed by atoms with Gasteiger partial charge in [-0.05, 0) is 68.9 Å². The number of rotatable bonds is 4. The van der Waals surface area contributed by atoms with Crippen LogP contribution in [0, 0.1) is 11.3 Å². The lowest BCUT2D eigenvalue weighted by Crippen LogP contribution is -2.52. The van der Waals surface area contributed by atoms with Crippen molar-refractivity contribution in [3.05, 3.63) is 22.9 Å². The number of hydrogen-bond acceptors (Lipinski definition) is 4. The number of pyridine rings is 1. The van der Waals surface area contributed by atoms with Crippen molar-refractivity contribution in [3.63, 3.8) is 0 Å². The van der Waals surface area contributed by atoms with Gasteiger partial charge in [0.25, 0.3) is 5.91 Å². The largest absolute Gasteiger partial charge is 0.365 e. The minimum atomic E-state index is -0.417. The van der Waals surface area contributed by atoms with E-state index in [1.165, 1.54) is 19.3 Å². The zero-order chi connectivity index (χ0) is 19.3. The van der Waals surface area contributed by atoms with Gasteiger partial charge in [-0.25, -0.2) is 4.98 Å². The van der Waals surface area contributed by atoms with Crippen molar-refractivity contribution in [3.8, 4) is 0 Å². The van der Waals surface area contributed by atoms with E-state index < -0.39 is 5.91 Å². The molecule has 150 valence electrons. The number of carbonyl (C=O) groups excluding carboxylic acids is 2. The normalized spacial score (nSPS) is 27.4. The Balaban J connectivity index is 1.39. The maximum atomic E-state index is 13.4. The highest BCUT2D eigenvalue weighted by molar-refractivity contribution is 5.98. The lowest BCUT2D eigenvalue weighted by molar-refractivity contribution is -0.146. The summed E-state index contributed by atoms with van der Waals surface area (Å²) in [7, 11) is 0. The van der Waals surface area contributed by atoms with Gasteiger partial charge in [0, 0.05) is 31.9 Å². The highest BCUT2D eigenvalue weighted by Crippen LogP contribution is 2.43. The molecule has 1 saturated carbocycles. The van der Waals surface area contributed by atoms with E-state index in [1.54, 1.807) is 0 Å². The van der Waals surface area contributed by atoms with Crippen molar-refractivity contribution >= 4 is 17.6 Å². The van der Waals surface area contributed by atoms with E-state index in [0.29, 0.717) is 29.8 Å². The minimum absolute atomic E-state index is 0.308. The average molecular weight is 383 g/mol. The van der Waals surface area contributed by atoms with Crippen LogP contribution in [0.5, 0.6) is 0 Å². The third-order valence-electron chi connectivity index (χ3n) is 7.48. The summed E-state index contributed by atoms with van der Waals surface area (Å²) in [5.74, 6) is 1.32. The summed E-state index contributed by atoms with van der Waals surface area (Å²) in [5, 5.41) is 0. The molecule has 3 heterocycles. The topological polar surface area (TPSA) is 79.5 Å². The number of nitrogens with two attached hydrogens (primary N) is 1. The summed E-state index contributed by atoms with van der Waals surface area (Å²) in [6.45, 7) is 3.28. The summed E-state index contributed by atoms with van der Waals surface area (Å²) in [4.78, 5) is 34.6. The molecule has 2 N–H and O–H groups in total. The Labute approximate surface area is 166 Å². The van der Waals surface area contributed by atoms with Crippen LogP contribution in [0.4, 0.5) is 5.82 Å². The van der Waals surface area contributed by atoms with Crippen LogP contribution in [0.25, 0.3) is 0 Å². The molecule has 6 heteroatoms. The fourth-order valence-corrected chi connectivity index (χ4v) is 5.63. The number of anilines is 1. The Bertz CT molecular complexity index is 819. The van der Waals surface area contributed by atoms with E-state index in [4.69, 9.17) is 10.7 Å². The number of piperidine rings is 1. The van der Waals surface area contributed by atoms with Gasteiger partial charge in [0.05, 0.1) is 11.0 Å². The van der Waals surface area contributed by atoms with Gasteiger partial charge in [-0.2, -0.15) is 0 Å². The van der Waals surface area contributed by atoms with Gasteiger partial charge >= 0.3 is 0 Å². The van der Waals surface area contributed by atoms with Crippen LogP contribution in [-0.2, 0) is 17.6 Å². The summed E-state index contributed by atoms with van der Waals surface area (Å²) >= 11 is 0. The van der Waals surface area contributed by atoms with E-state index in [1.807, 2.05) is 6.07 Å². The van der Waals surface area contributed by atoms with Crippen LogP contribution >= 0.6 is 0 Å². The van der Waals surface area contributed by atoms with Gasteiger partial charge < -0.3 is 15.5 Å². The van der Waals surface area contributed by atoms with Crippen molar-refractivity contribution in [2.24, 2.45) is 17.1 Å². The predicted octanol–water partition coefficient (Wildman–Crippen LogP) is 2.29. The van der Waals surface area contributed by atoms with Crippen molar-refractivity contribution in [2.75, 3.05) is 31.1 Å². The van der Waals surface area contributed by atoms with Crippen molar-refractivity contribution < 1.29 is 9.59 Å². The van der Waals surface area contributed by atoms with Crippen LogP contribution < -0.4 is 10.6 Å². The Kier molecular flexibility index (Phi) is 4.33. The maximum absolute atomic E-state index is 13.4. The molecule has 6 nitrogen and oxygen atoms in total. The lowest BCUT2D eigenvalue weighted by Gasteiger charge is -2.42. The second-order valence-electron chi connectivity index (χ2n) is 9.29. The van der Waals surface area contributed by atoms with E-state index in [-0.39, 0.29) is 5.41 Å². The number of nitrogens with zero attached hydrogens (tertiary/aromatic N) is 3. The molecule has 2 amide bonds. The van der Waals surface area contributed by atoms with Crippen molar-refractivity contribution in [1.82, 2.24) is 9.88 Å². The van der Waals surface area contributed by atoms with E-state index in [2.05, 4.69) is 9.80 Å². The second-order valence-corrected chi connectivity index (χ2v) is 9.29. The van der Waals surface area contributed by atoms with Crippen molar-refractivity contribution in [1.29, 1.82) is 0 Å². The molecule has 1 atom stereocenters. The van der Waals surface area contributed by atoms with Crippen LogP contribution in [-0.4, -0.2) is 47.9 Å². The minimum Gasteiger partial charge on any atom is -0.365 e. The predicted molar refractivity (Wildman–Crippen MR) is 107 cm³/mol. The summed E-state index contributed by atoms with van der Waals surface area (Å²) in [5.41, 5.74) is 8.16. The number of hydrogen-bond donors (Lipinski definition) is 1. The van der Waals surface area contributed by atoms with E-state index in [0.717, 1.165) is 69.4 Å². The molecule has 1 aromatic heterocycles. The van der Waals surface area contributed by atoms with Crippen LogP contribution in [0.1, 0.15) is 66.6 Å². The highest BCUT2D eigenvalue weighted by atomic mass is 16.2. The molecule has 28 heavy (non-hydrogen) atoms. The number of likely N-dealkylation sites (tertiary alicyclic amines) is 1. The Morgan fingerprint density at radius 2 is 2.04 bits per heavy atom. The van der Waals surface area contributed by atoms with E-state index in [9.17, 15) is 9.59 Å². The van der Waals surface area contributed by atoms with Gasteiger partial charge in [0.15, 0.2) is 0 Å². The average Bonchev–Trinajstić information content (AvgIpc) is 3.27. The molecule has 1 aromatic rings. The van der Waals surface area contributed by atoms with Gasteiger partial charge in [-0.1, -0.05) is 6.42 Å². The molecule has 1 spiro atoms. The zero-order valence-corrected chi connectivity index (χ0v) is 16.6. The van der Waals surface area contributed by atoms with Gasteiger partial charge in [-0.15, -0.1) is 0 Å². The molecule has 0 bridgehead atoms. The first-order valence-corrected chi connectivity index (χ1v) is 10.9. The van der Waals surface area contributed by atoms with Crippen LogP contribution in [0.2, 0.25) is 0 Å². The van der Waals surface area contributed by atoms with Crippen LogP contribution in [0.15, 0.2) is 6.07 Å². The number of carbonyl (C=O) groups is 2. The van der Waals surface area contributed by atoms with Gasteiger partial charge in [0.2, 0.25) is 5.91 Å². The summed E-state index contributed by atoms with van der Waals surface area (Å²) in [6, 6.07) is 1.95. The van der Waals surface area contributed by atoms with Gasteiger partial charge in [-0.3, -0.25) is 9.59 Å². The smallest absolute Gasteiger partial charge is 0.252 e. The fraction of sp³-hybridized carbons (Fsp3) is 0.682. The number of fused-ring (bicyclic) bond motifs is 1. The molecular weight excluding hydrogens is 352 g/mol. The lowest BCUT2D eigenvalue weighted by atomic mass is 9.77. The molecule has 0 aromatic carbocycles. The Morgan fingerprint density at radius 3 is 2.79 bits per heavy atom. The molecule has 0 unspecified atom stereocenters. The van der Waals surface area contributed by atoms with Crippen molar-refractivity contribution in [2.45, 2.75) is 57.8 Å². The first-order valence-electron chi connectivity index (χ1n) is 10.9. The molecule has 5 rings (SSSR count). The number of aromatic nitrogens is 1. The number of amides is 2. The molecule has 2 aliphatic heterocycles. The number of aryl methyl sites for hydroxylation is 2. The monoisotopic (exact) mass is 382 g/mol. The third kappa shape index (κ3) is 2.88. The SMILES string of the molecule is NC(=O)c1cc2c(nc1N1CC[C@@]3(CCCN(CC4CCC4)C3=O)C1)CCC2. The second kappa shape index (κ2) is 6.75. The third-order valence-corrected chi connectivity index (χ3v) is 7.48. The molecular formula is C22H30N4O2. The molecule has 4 aliphatic rings. The molecule has 3 fully saturated rings. The maximum Gasteiger partial charge on any atom is 0.252 e. The summed E-state index contributed by atoms with van der Waals surface area (Å²) < 4.78 is 0. The molecule has 2 saturated heterocycles. The number of primary amides is 1. The zero-order valence-electron chi connectivity index (χ0n) is 16.6. The Morgan fingerprint density at radius 1 is 1.18 bits per heavy atom. The Hall–Kier alpha value is -2.11. The standard InChI is InChI=1S/C22H30N4O2/c23-19(27)17-12-16-6-2-7-18(16)24-20(17)26-11-9-22(14-26)8-3-10-25(21(22)28)13-15-4-1-5-15/h12,15H,1-11,13-14H2,(H2,23,27)/t22-/m0/s1. The quantitative estimate of drug-likeness (QED) is 0.866. The molecule has 0 radical (unpaired) electrons. The fourth-order valence-electron chi connectivity index (χ4n) is 5.63. The molecule has 2 aliphatic carbocycles. The van der Waals surface area contributed by atoms with Gasteiger partial charge in [0.1, 0.15) is 5.82 Å². The summed E-state index contributed by atoms with van der Waals surface area (Å²) in [6.07, 6.45) is 9.74. The highest BCUT2D eigenvalue weighted by Gasteiger charge is 2.49. The van der Waals surface area contributed by atoms with E-state index >= 15 is 0 Å². The van der Waals surface area contributed by atoms with Crippen LogP contribution in [0.3, 0.4) is 0 Å². The first-order chi connectivity index (χ1) is 13.6. The first kappa shape index (κ1) is 18.0.